The number of carbonyl (C=O) groups excluding carboxylic acids is 3. The van der Waals surface area contributed by atoms with Crippen LogP contribution >= 0.6 is 11.5 Å². The maximum atomic E-state index is 14.4. The standard InChI is InChI=1S/C29H32N6O3S/c1-16-12-17(2)14-19(13-16)35(29(38)26-23(30)24(27(31)36)34-39-26)25(28(37)33-18-8-4-3-5-9-18)21-15-32-22-11-7-6-10-20(21)22/h6-7,10-15,18,25,32H,3-5,8-9,30H2,1-2H3,(H2,31,36)(H,33,37)/t25-/m1/s1. The van der Waals surface area contributed by atoms with E-state index in [1.165, 1.54) is 4.90 Å². The molecule has 2 aromatic heterocycles. The second-order valence-electron chi connectivity index (χ2n) is 10.2. The summed E-state index contributed by atoms with van der Waals surface area (Å²) in [5, 5.41) is 4.06. The largest absolute Gasteiger partial charge is 0.395 e. The molecule has 3 amide bonds. The molecule has 0 radical (unpaired) electrons. The average Bonchev–Trinajstić information content (AvgIpc) is 3.50. The number of benzene rings is 2. The van der Waals surface area contributed by atoms with Crippen molar-refractivity contribution in [3.63, 3.8) is 0 Å². The van der Waals surface area contributed by atoms with Gasteiger partial charge < -0.3 is 21.8 Å². The number of hydrogen-bond donors (Lipinski definition) is 4. The van der Waals surface area contributed by atoms with Gasteiger partial charge in [-0.05, 0) is 67.5 Å². The van der Waals surface area contributed by atoms with Crippen LogP contribution in [0.1, 0.15) is 75.0 Å². The van der Waals surface area contributed by atoms with Gasteiger partial charge in [0.1, 0.15) is 10.9 Å². The van der Waals surface area contributed by atoms with Crippen molar-refractivity contribution in [1.82, 2.24) is 14.7 Å². The number of aryl methyl sites for hydroxylation is 2. The minimum absolute atomic E-state index is 0.0325. The molecule has 1 aliphatic carbocycles. The summed E-state index contributed by atoms with van der Waals surface area (Å²) < 4.78 is 4.05. The maximum absolute atomic E-state index is 14.4. The van der Waals surface area contributed by atoms with E-state index in [0.29, 0.717) is 11.3 Å². The molecular formula is C29H32N6O3S. The quantitative estimate of drug-likeness (QED) is 0.265. The molecular weight excluding hydrogens is 512 g/mol. The predicted molar refractivity (Wildman–Crippen MR) is 154 cm³/mol. The van der Waals surface area contributed by atoms with Crippen molar-refractivity contribution in [2.75, 3.05) is 10.6 Å². The highest BCUT2D eigenvalue weighted by molar-refractivity contribution is 7.09. The number of rotatable bonds is 7. The Labute approximate surface area is 230 Å². The van der Waals surface area contributed by atoms with E-state index in [1.54, 1.807) is 6.20 Å². The van der Waals surface area contributed by atoms with E-state index in [-0.39, 0.29) is 28.2 Å². The van der Waals surface area contributed by atoms with Crippen molar-refractivity contribution >= 4 is 51.5 Å². The lowest BCUT2D eigenvalue weighted by Crippen LogP contribution is -2.47. The van der Waals surface area contributed by atoms with Gasteiger partial charge in [-0.25, -0.2) is 0 Å². The first-order valence-corrected chi connectivity index (χ1v) is 13.8. The number of H-pyrrole nitrogens is 1. The van der Waals surface area contributed by atoms with E-state index in [2.05, 4.69) is 14.7 Å². The Morgan fingerprint density at radius 2 is 1.77 bits per heavy atom. The fourth-order valence-electron chi connectivity index (χ4n) is 5.46. The van der Waals surface area contributed by atoms with Crippen LogP contribution in [0.3, 0.4) is 0 Å². The highest BCUT2D eigenvalue weighted by Crippen LogP contribution is 2.37. The minimum Gasteiger partial charge on any atom is -0.395 e. The first-order chi connectivity index (χ1) is 18.7. The van der Waals surface area contributed by atoms with E-state index in [1.807, 2.05) is 56.3 Å². The van der Waals surface area contributed by atoms with Crippen LogP contribution in [-0.4, -0.2) is 33.1 Å². The molecule has 0 aliphatic heterocycles. The van der Waals surface area contributed by atoms with Gasteiger partial charge in [0.2, 0.25) is 5.91 Å². The zero-order valence-corrected chi connectivity index (χ0v) is 22.8. The number of nitrogens with two attached hydrogens (primary N) is 2. The molecule has 0 bridgehead atoms. The average molecular weight is 545 g/mol. The Kier molecular flexibility index (Phi) is 7.38. The lowest BCUT2D eigenvalue weighted by Gasteiger charge is -2.33. The first kappa shape index (κ1) is 26.4. The van der Waals surface area contributed by atoms with Crippen molar-refractivity contribution in [2.24, 2.45) is 5.73 Å². The van der Waals surface area contributed by atoms with Gasteiger partial charge in [-0.1, -0.05) is 43.5 Å². The van der Waals surface area contributed by atoms with Gasteiger partial charge in [-0.3, -0.25) is 19.3 Å². The van der Waals surface area contributed by atoms with E-state index in [4.69, 9.17) is 11.5 Å². The molecule has 202 valence electrons. The summed E-state index contributed by atoms with van der Waals surface area (Å²) in [5.41, 5.74) is 15.3. The van der Waals surface area contributed by atoms with E-state index >= 15 is 0 Å². The summed E-state index contributed by atoms with van der Waals surface area (Å²) in [5.74, 6) is -1.63. The normalized spacial score (nSPS) is 14.7. The number of nitrogens with zero attached hydrogens (tertiary/aromatic N) is 2. The Morgan fingerprint density at radius 3 is 2.44 bits per heavy atom. The number of anilines is 2. The fourth-order valence-corrected chi connectivity index (χ4v) is 6.20. The van der Waals surface area contributed by atoms with Crippen LogP contribution in [0.15, 0.2) is 48.7 Å². The topological polar surface area (TPSA) is 147 Å². The zero-order chi connectivity index (χ0) is 27.7. The van der Waals surface area contributed by atoms with Gasteiger partial charge in [0.15, 0.2) is 5.69 Å². The second-order valence-corrected chi connectivity index (χ2v) is 11.0. The third kappa shape index (κ3) is 5.24. The fraction of sp³-hybridized carbons (Fsp3) is 0.310. The Balaban J connectivity index is 1.70. The van der Waals surface area contributed by atoms with Crippen LogP contribution in [0.4, 0.5) is 11.4 Å². The van der Waals surface area contributed by atoms with E-state index in [9.17, 15) is 14.4 Å². The number of carbonyl (C=O) groups is 3. The lowest BCUT2D eigenvalue weighted by molar-refractivity contribution is -0.123. The summed E-state index contributed by atoms with van der Waals surface area (Å²) in [6.45, 7) is 3.88. The van der Waals surface area contributed by atoms with Gasteiger partial charge in [0.05, 0.1) is 5.69 Å². The molecule has 2 aromatic carbocycles. The highest BCUT2D eigenvalue weighted by atomic mass is 32.1. The summed E-state index contributed by atoms with van der Waals surface area (Å²) >= 11 is 0.803. The smallest absolute Gasteiger partial charge is 0.273 e. The lowest BCUT2D eigenvalue weighted by atomic mass is 9.94. The van der Waals surface area contributed by atoms with Crippen molar-refractivity contribution in [1.29, 1.82) is 0 Å². The molecule has 5 rings (SSSR count). The Bertz CT molecular complexity index is 1530. The van der Waals surface area contributed by atoms with E-state index in [0.717, 1.165) is 65.7 Å². The highest BCUT2D eigenvalue weighted by Gasteiger charge is 2.38. The van der Waals surface area contributed by atoms with Crippen LogP contribution in [0, 0.1) is 13.8 Å². The number of nitrogens with one attached hydrogen (secondary N) is 2. The van der Waals surface area contributed by atoms with E-state index < -0.39 is 17.9 Å². The number of amides is 3. The SMILES string of the molecule is Cc1cc(C)cc(N(C(=O)c2snc(C(N)=O)c2N)[C@@H](C(=O)NC2CCCCC2)c2c[nH]c3ccccc23)c1. The monoisotopic (exact) mass is 544 g/mol. The number of para-hydroxylation sites is 1. The maximum Gasteiger partial charge on any atom is 0.273 e. The molecule has 0 spiro atoms. The number of fused-ring (bicyclic) bond motifs is 1. The molecule has 1 atom stereocenters. The van der Waals surface area contributed by atoms with Crippen molar-refractivity contribution in [3.8, 4) is 0 Å². The van der Waals surface area contributed by atoms with Crippen LogP contribution < -0.4 is 21.7 Å². The van der Waals surface area contributed by atoms with Gasteiger partial charge in [0, 0.05) is 34.4 Å². The summed E-state index contributed by atoms with van der Waals surface area (Å²) in [7, 11) is 0. The molecule has 4 aromatic rings. The first-order valence-electron chi connectivity index (χ1n) is 13.1. The summed E-state index contributed by atoms with van der Waals surface area (Å²) in [6.07, 6.45) is 6.83. The number of aromatic nitrogens is 2. The van der Waals surface area contributed by atoms with Gasteiger partial charge in [-0.2, -0.15) is 4.37 Å². The molecule has 6 N–H and O–H groups in total. The number of aromatic amines is 1. The van der Waals surface area contributed by atoms with Crippen molar-refractivity contribution in [2.45, 2.75) is 58.0 Å². The Hall–Kier alpha value is -4.18. The van der Waals surface area contributed by atoms with Crippen molar-refractivity contribution in [3.05, 3.63) is 75.9 Å². The van der Waals surface area contributed by atoms with Crippen LogP contribution in [0.5, 0.6) is 0 Å². The molecule has 0 saturated heterocycles. The van der Waals surface area contributed by atoms with Crippen LogP contribution in [0.2, 0.25) is 0 Å². The van der Waals surface area contributed by atoms with Crippen molar-refractivity contribution < 1.29 is 14.4 Å². The van der Waals surface area contributed by atoms with Gasteiger partial charge in [-0.15, -0.1) is 0 Å². The molecule has 1 saturated carbocycles. The molecule has 1 aliphatic rings. The molecule has 2 heterocycles. The molecule has 9 nitrogen and oxygen atoms in total. The summed E-state index contributed by atoms with van der Waals surface area (Å²) in [6, 6.07) is 12.4. The van der Waals surface area contributed by atoms with Crippen LogP contribution in [-0.2, 0) is 4.79 Å². The second kappa shape index (κ2) is 10.9. The van der Waals surface area contributed by atoms with Crippen LogP contribution in [0.25, 0.3) is 10.9 Å². The molecule has 0 unspecified atom stereocenters. The van der Waals surface area contributed by atoms with Gasteiger partial charge in [0.25, 0.3) is 11.8 Å². The third-order valence-electron chi connectivity index (χ3n) is 7.23. The Morgan fingerprint density at radius 1 is 1.08 bits per heavy atom. The third-order valence-corrected chi connectivity index (χ3v) is 8.08. The number of primary amides is 1. The minimum atomic E-state index is -1.02. The summed E-state index contributed by atoms with van der Waals surface area (Å²) in [4.78, 5) is 45.3. The molecule has 39 heavy (non-hydrogen) atoms. The predicted octanol–water partition coefficient (Wildman–Crippen LogP) is 4.76. The number of hydrogen-bond acceptors (Lipinski definition) is 6. The zero-order valence-electron chi connectivity index (χ0n) is 22.0. The molecule has 10 heteroatoms. The molecule has 1 fully saturated rings. The number of nitrogen functional groups attached to an aromatic ring is 1. The van der Waals surface area contributed by atoms with Gasteiger partial charge >= 0.3 is 0 Å².